The van der Waals surface area contributed by atoms with Crippen LogP contribution in [0.15, 0.2) is 29.2 Å². The molecule has 0 bridgehead atoms. The molecule has 6 nitrogen and oxygen atoms in total. The molecule has 1 atom stereocenters. The maximum absolute atomic E-state index is 12.0. The Hall–Kier alpha value is -1.60. The summed E-state index contributed by atoms with van der Waals surface area (Å²) in [6.07, 6.45) is 2.47. The lowest BCUT2D eigenvalue weighted by Crippen LogP contribution is -2.44. The van der Waals surface area contributed by atoms with E-state index in [1.54, 1.807) is 12.1 Å². The molecule has 1 unspecified atom stereocenters. The molecule has 1 aliphatic rings. The fourth-order valence-electron chi connectivity index (χ4n) is 2.52. The second-order valence-electron chi connectivity index (χ2n) is 5.32. The molecule has 2 rings (SSSR count). The van der Waals surface area contributed by atoms with Crippen molar-refractivity contribution in [3.63, 3.8) is 0 Å². The van der Waals surface area contributed by atoms with Gasteiger partial charge in [-0.25, -0.2) is 17.5 Å². The number of carbonyl (C=O) groups is 1. The maximum Gasteiger partial charge on any atom is 0.326 e. The van der Waals surface area contributed by atoms with Gasteiger partial charge in [0.25, 0.3) is 0 Å². The summed E-state index contributed by atoms with van der Waals surface area (Å²) in [7, 11) is -0.495. The Bertz CT molecular complexity index is 610. The summed E-state index contributed by atoms with van der Waals surface area (Å²) < 4.78 is 25.2. The molecule has 0 radical (unpaired) electrons. The van der Waals surface area contributed by atoms with E-state index in [4.69, 9.17) is 0 Å². The lowest BCUT2D eigenvalue weighted by molar-refractivity contribution is -0.139. The van der Waals surface area contributed by atoms with Crippen LogP contribution >= 0.6 is 0 Å². The summed E-state index contributed by atoms with van der Waals surface area (Å²) >= 11 is 0. The highest BCUT2D eigenvalue weighted by molar-refractivity contribution is 7.89. The molecule has 0 aliphatic carbocycles. The molecule has 0 saturated carbocycles. The molecule has 1 fully saturated rings. The minimum Gasteiger partial charge on any atom is -0.480 e. The smallest absolute Gasteiger partial charge is 0.326 e. The molecule has 21 heavy (non-hydrogen) atoms. The molecule has 1 N–H and O–H groups in total. The van der Waals surface area contributed by atoms with Crippen LogP contribution in [0.25, 0.3) is 0 Å². The van der Waals surface area contributed by atoms with Crippen LogP contribution < -0.4 is 4.90 Å². The van der Waals surface area contributed by atoms with Crippen molar-refractivity contribution in [3.8, 4) is 0 Å². The van der Waals surface area contributed by atoms with Crippen LogP contribution in [0.4, 0.5) is 5.69 Å². The van der Waals surface area contributed by atoms with E-state index >= 15 is 0 Å². The molecule has 1 aliphatic heterocycles. The highest BCUT2D eigenvalue weighted by Gasteiger charge is 2.28. The Balaban J connectivity index is 2.28. The van der Waals surface area contributed by atoms with Crippen molar-refractivity contribution >= 4 is 21.7 Å². The van der Waals surface area contributed by atoms with Gasteiger partial charge in [0.05, 0.1) is 4.90 Å². The van der Waals surface area contributed by atoms with Crippen molar-refractivity contribution in [2.24, 2.45) is 0 Å². The van der Waals surface area contributed by atoms with E-state index in [9.17, 15) is 18.3 Å². The topological polar surface area (TPSA) is 77.9 Å². The minimum atomic E-state index is -3.46. The molecule has 116 valence electrons. The number of piperidine rings is 1. The lowest BCUT2D eigenvalue weighted by Gasteiger charge is -2.34. The Morgan fingerprint density at radius 3 is 2.38 bits per heavy atom. The van der Waals surface area contributed by atoms with E-state index in [2.05, 4.69) is 0 Å². The summed E-state index contributed by atoms with van der Waals surface area (Å²) in [5.74, 6) is -0.834. The average Bonchev–Trinajstić information content (AvgIpc) is 2.47. The van der Waals surface area contributed by atoms with Crippen molar-refractivity contribution in [1.82, 2.24) is 4.31 Å². The third-order valence-corrected chi connectivity index (χ3v) is 5.56. The Kier molecular flexibility index (Phi) is 4.53. The predicted octanol–water partition coefficient (Wildman–Crippen LogP) is 1.38. The van der Waals surface area contributed by atoms with Crippen LogP contribution in [0.5, 0.6) is 0 Å². The zero-order chi connectivity index (χ0) is 15.6. The fraction of sp³-hybridized carbons (Fsp3) is 0.500. The maximum atomic E-state index is 12.0. The quantitative estimate of drug-likeness (QED) is 0.909. The van der Waals surface area contributed by atoms with E-state index in [-0.39, 0.29) is 4.90 Å². The van der Waals surface area contributed by atoms with Gasteiger partial charge in [-0.3, -0.25) is 0 Å². The van der Waals surface area contributed by atoms with Gasteiger partial charge in [0.15, 0.2) is 0 Å². The molecule has 7 heteroatoms. The molecule has 1 aromatic rings. The van der Waals surface area contributed by atoms with E-state index in [1.165, 1.54) is 26.2 Å². The molecular weight excluding hydrogens is 292 g/mol. The number of carboxylic acids is 1. The van der Waals surface area contributed by atoms with Gasteiger partial charge in [0.2, 0.25) is 10.0 Å². The standard InChI is InChI=1S/C14H20N2O4S/c1-15(2)21(19,20)12-8-6-11(7-9-12)16-10-4-3-5-13(16)14(17)18/h6-9,13H,3-5,10H2,1-2H3,(H,17,18). The first-order valence-electron chi connectivity index (χ1n) is 6.86. The number of sulfonamides is 1. The van der Waals surface area contributed by atoms with Crippen molar-refractivity contribution in [1.29, 1.82) is 0 Å². The fourth-order valence-corrected chi connectivity index (χ4v) is 3.42. The second-order valence-corrected chi connectivity index (χ2v) is 7.48. The van der Waals surface area contributed by atoms with Crippen LogP contribution in [0, 0.1) is 0 Å². The first-order chi connectivity index (χ1) is 9.84. The van der Waals surface area contributed by atoms with E-state index in [1.807, 2.05) is 4.90 Å². The zero-order valence-corrected chi connectivity index (χ0v) is 13.0. The first-order valence-corrected chi connectivity index (χ1v) is 8.30. The molecular formula is C14H20N2O4S. The van der Waals surface area contributed by atoms with E-state index < -0.39 is 22.0 Å². The van der Waals surface area contributed by atoms with Gasteiger partial charge in [-0.1, -0.05) is 0 Å². The monoisotopic (exact) mass is 312 g/mol. The van der Waals surface area contributed by atoms with Crippen LogP contribution in [0.3, 0.4) is 0 Å². The van der Waals surface area contributed by atoms with Gasteiger partial charge >= 0.3 is 5.97 Å². The van der Waals surface area contributed by atoms with Crippen LogP contribution in [0.2, 0.25) is 0 Å². The van der Waals surface area contributed by atoms with Gasteiger partial charge in [-0.15, -0.1) is 0 Å². The number of nitrogens with zero attached hydrogens (tertiary/aromatic N) is 2. The first kappa shape index (κ1) is 15.8. The molecule has 0 amide bonds. The number of anilines is 1. The summed E-state index contributed by atoms with van der Waals surface area (Å²) in [6.45, 7) is 0.677. The van der Waals surface area contributed by atoms with Gasteiger partial charge in [-0.2, -0.15) is 0 Å². The summed E-state index contributed by atoms with van der Waals surface area (Å²) in [5.41, 5.74) is 0.750. The summed E-state index contributed by atoms with van der Waals surface area (Å²) in [4.78, 5) is 13.3. The molecule has 0 aromatic heterocycles. The number of hydrogen-bond acceptors (Lipinski definition) is 4. The Morgan fingerprint density at radius 2 is 1.86 bits per heavy atom. The van der Waals surface area contributed by atoms with E-state index in [0.29, 0.717) is 13.0 Å². The largest absolute Gasteiger partial charge is 0.480 e. The molecule has 1 aromatic carbocycles. The molecule has 1 heterocycles. The van der Waals surface area contributed by atoms with Crippen LogP contribution in [-0.2, 0) is 14.8 Å². The zero-order valence-electron chi connectivity index (χ0n) is 12.2. The van der Waals surface area contributed by atoms with Crippen molar-refractivity contribution < 1.29 is 18.3 Å². The minimum absolute atomic E-state index is 0.208. The van der Waals surface area contributed by atoms with Gasteiger partial charge in [0, 0.05) is 26.3 Å². The number of hydrogen-bond donors (Lipinski definition) is 1. The number of carboxylic acid groups (broad SMARTS) is 1. The summed E-state index contributed by atoms with van der Waals surface area (Å²) in [5, 5.41) is 9.28. The summed E-state index contributed by atoms with van der Waals surface area (Å²) in [6, 6.07) is 5.88. The number of rotatable bonds is 4. The predicted molar refractivity (Wildman–Crippen MR) is 79.9 cm³/mol. The highest BCUT2D eigenvalue weighted by Crippen LogP contribution is 2.26. The Labute approximate surface area is 125 Å². The van der Waals surface area contributed by atoms with E-state index in [0.717, 1.165) is 22.8 Å². The third-order valence-electron chi connectivity index (χ3n) is 3.73. The number of benzene rings is 1. The van der Waals surface area contributed by atoms with Gasteiger partial charge in [0.1, 0.15) is 6.04 Å². The van der Waals surface area contributed by atoms with Crippen LogP contribution in [0.1, 0.15) is 19.3 Å². The van der Waals surface area contributed by atoms with Gasteiger partial charge < -0.3 is 10.0 Å². The average molecular weight is 312 g/mol. The van der Waals surface area contributed by atoms with Crippen molar-refractivity contribution in [2.75, 3.05) is 25.5 Å². The molecule has 0 spiro atoms. The second kappa shape index (κ2) is 6.03. The van der Waals surface area contributed by atoms with Gasteiger partial charge in [-0.05, 0) is 43.5 Å². The Morgan fingerprint density at radius 1 is 1.24 bits per heavy atom. The third kappa shape index (κ3) is 3.19. The SMILES string of the molecule is CN(C)S(=O)(=O)c1ccc(N2CCCCC2C(=O)O)cc1. The van der Waals surface area contributed by atoms with Crippen molar-refractivity contribution in [3.05, 3.63) is 24.3 Å². The molecule has 1 saturated heterocycles. The van der Waals surface area contributed by atoms with Crippen LogP contribution in [-0.4, -0.2) is 50.5 Å². The van der Waals surface area contributed by atoms with Crippen molar-refractivity contribution in [2.45, 2.75) is 30.2 Å². The normalized spacial score (nSPS) is 19.8. The highest BCUT2D eigenvalue weighted by atomic mass is 32.2. The lowest BCUT2D eigenvalue weighted by atomic mass is 10.0. The number of aliphatic carboxylic acids is 1.